The number of fused-ring (bicyclic) bond motifs is 2. The molecule has 7 heteroatoms. The van der Waals surface area contributed by atoms with Gasteiger partial charge in [0.1, 0.15) is 0 Å². The molecule has 0 spiro atoms. The zero-order valence-electron chi connectivity index (χ0n) is 15.8. The summed E-state index contributed by atoms with van der Waals surface area (Å²) in [6, 6.07) is 14.1. The van der Waals surface area contributed by atoms with E-state index < -0.39 is 0 Å². The van der Waals surface area contributed by atoms with Crippen molar-refractivity contribution in [1.82, 2.24) is 15.2 Å². The number of rotatable bonds is 5. The summed E-state index contributed by atoms with van der Waals surface area (Å²) >= 11 is 0. The molecule has 0 saturated carbocycles. The number of nitrogens with one attached hydrogen (secondary N) is 2. The van der Waals surface area contributed by atoms with Crippen molar-refractivity contribution in [2.24, 2.45) is 0 Å². The number of carbonyl (C=O) groups is 3. The van der Waals surface area contributed by atoms with Crippen molar-refractivity contribution in [2.45, 2.75) is 19.9 Å². The van der Waals surface area contributed by atoms with Crippen LogP contribution >= 0.6 is 0 Å². The van der Waals surface area contributed by atoms with Gasteiger partial charge >= 0.3 is 0 Å². The van der Waals surface area contributed by atoms with Gasteiger partial charge in [-0.15, -0.1) is 0 Å². The van der Waals surface area contributed by atoms with Gasteiger partial charge in [-0.3, -0.25) is 24.1 Å². The standard InChI is InChI=1S/C22H19N3O4/c1-13-5-4-6-14-11-15(20(27)24-19(13)14)12-23-18(26)9-10-25-21(28)16-7-2-3-8-17(16)22(25)29/h2-8,11H,9-10,12H2,1H3,(H,23,26)(H,24,27). The fourth-order valence-electron chi connectivity index (χ4n) is 3.50. The molecule has 2 N–H and O–H groups in total. The first-order valence-corrected chi connectivity index (χ1v) is 9.29. The lowest BCUT2D eigenvalue weighted by Gasteiger charge is -2.13. The molecule has 2 heterocycles. The Morgan fingerprint density at radius 2 is 1.69 bits per heavy atom. The zero-order valence-corrected chi connectivity index (χ0v) is 15.8. The maximum absolute atomic E-state index is 12.3. The Balaban J connectivity index is 1.38. The monoisotopic (exact) mass is 389 g/mol. The van der Waals surface area contributed by atoms with Crippen molar-refractivity contribution in [2.75, 3.05) is 6.54 Å². The number of para-hydroxylation sites is 1. The second-order valence-electron chi connectivity index (χ2n) is 7.00. The van der Waals surface area contributed by atoms with Crippen molar-refractivity contribution in [3.05, 3.63) is 81.1 Å². The zero-order chi connectivity index (χ0) is 20.5. The van der Waals surface area contributed by atoms with Crippen LogP contribution in [-0.4, -0.2) is 34.2 Å². The summed E-state index contributed by atoms with van der Waals surface area (Å²) in [5.74, 6) is -1.12. The minimum atomic E-state index is -0.389. The summed E-state index contributed by atoms with van der Waals surface area (Å²) in [6.45, 7) is 1.98. The van der Waals surface area contributed by atoms with E-state index in [1.54, 1.807) is 30.3 Å². The van der Waals surface area contributed by atoms with Gasteiger partial charge in [0.15, 0.2) is 0 Å². The molecule has 0 saturated heterocycles. The predicted octanol–water partition coefficient (Wildman–Crippen LogP) is 2.14. The lowest BCUT2D eigenvalue weighted by Crippen LogP contribution is -2.35. The topological polar surface area (TPSA) is 99.3 Å². The SMILES string of the molecule is Cc1cccc2cc(CNC(=O)CCN3C(=O)c4ccccc4C3=O)c(=O)[nH]c12. The van der Waals surface area contributed by atoms with Gasteiger partial charge in [0, 0.05) is 25.1 Å². The van der Waals surface area contributed by atoms with Gasteiger partial charge in [-0.1, -0.05) is 30.3 Å². The van der Waals surface area contributed by atoms with Crippen LogP contribution in [0.15, 0.2) is 53.3 Å². The number of aromatic amines is 1. The molecule has 0 radical (unpaired) electrons. The van der Waals surface area contributed by atoms with Crippen LogP contribution in [0.1, 0.15) is 38.3 Å². The van der Waals surface area contributed by atoms with E-state index in [0.717, 1.165) is 21.4 Å². The van der Waals surface area contributed by atoms with Crippen LogP contribution in [0.3, 0.4) is 0 Å². The third kappa shape index (κ3) is 3.42. The average Bonchev–Trinajstić information content (AvgIpc) is 2.96. The van der Waals surface area contributed by atoms with Crippen LogP contribution in [0, 0.1) is 6.92 Å². The second kappa shape index (κ2) is 7.35. The minimum Gasteiger partial charge on any atom is -0.352 e. The number of pyridine rings is 1. The first-order chi connectivity index (χ1) is 14.0. The molecular formula is C22H19N3O4. The van der Waals surface area contributed by atoms with Crippen LogP contribution in [0.5, 0.6) is 0 Å². The van der Waals surface area contributed by atoms with Gasteiger partial charge in [0.2, 0.25) is 5.91 Å². The molecule has 3 aromatic rings. The second-order valence-corrected chi connectivity index (χ2v) is 7.00. The quantitative estimate of drug-likeness (QED) is 0.653. The Bertz CT molecular complexity index is 1180. The molecule has 4 rings (SSSR count). The molecule has 29 heavy (non-hydrogen) atoms. The van der Waals surface area contributed by atoms with E-state index in [-0.39, 0.29) is 42.8 Å². The van der Waals surface area contributed by atoms with Crippen LogP contribution in [0.4, 0.5) is 0 Å². The van der Waals surface area contributed by atoms with Gasteiger partial charge < -0.3 is 10.3 Å². The van der Waals surface area contributed by atoms with E-state index in [0.29, 0.717) is 16.7 Å². The largest absolute Gasteiger partial charge is 0.352 e. The van der Waals surface area contributed by atoms with Crippen molar-refractivity contribution in [3.63, 3.8) is 0 Å². The van der Waals surface area contributed by atoms with E-state index >= 15 is 0 Å². The Labute approximate surface area is 166 Å². The normalized spacial score (nSPS) is 13.1. The van der Waals surface area contributed by atoms with E-state index in [2.05, 4.69) is 10.3 Å². The number of nitrogens with zero attached hydrogens (tertiary/aromatic N) is 1. The summed E-state index contributed by atoms with van der Waals surface area (Å²) in [5, 5.41) is 3.57. The number of imide groups is 1. The summed E-state index contributed by atoms with van der Waals surface area (Å²) in [4.78, 5) is 53.1. The Morgan fingerprint density at radius 1 is 1.00 bits per heavy atom. The van der Waals surface area contributed by atoms with Gasteiger partial charge in [0.25, 0.3) is 17.4 Å². The first-order valence-electron chi connectivity index (χ1n) is 9.29. The molecule has 0 atom stereocenters. The molecule has 1 aromatic heterocycles. The molecule has 1 aliphatic rings. The Kier molecular flexibility index (Phi) is 4.72. The molecular weight excluding hydrogens is 370 g/mol. The maximum atomic E-state index is 12.3. The highest BCUT2D eigenvalue weighted by Gasteiger charge is 2.34. The van der Waals surface area contributed by atoms with E-state index in [4.69, 9.17) is 0 Å². The third-order valence-electron chi connectivity index (χ3n) is 5.08. The number of benzene rings is 2. The summed E-state index contributed by atoms with van der Waals surface area (Å²) in [5.41, 5.74) is 2.64. The van der Waals surface area contributed by atoms with Gasteiger partial charge in [-0.05, 0) is 36.1 Å². The van der Waals surface area contributed by atoms with Crippen molar-refractivity contribution in [1.29, 1.82) is 0 Å². The highest BCUT2D eigenvalue weighted by atomic mass is 16.2. The molecule has 0 unspecified atom stereocenters. The predicted molar refractivity (Wildman–Crippen MR) is 108 cm³/mol. The average molecular weight is 389 g/mol. The number of carbonyl (C=O) groups excluding carboxylic acids is 3. The summed E-state index contributed by atoms with van der Waals surface area (Å²) in [7, 11) is 0. The molecule has 1 aliphatic heterocycles. The molecule has 0 aliphatic carbocycles. The summed E-state index contributed by atoms with van der Waals surface area (Å²) in [6.07, 6.45) is -0.0317. The minimum absolute atomic E-state index is 0.00848. The Hall–Kier alpha value is -3.74. The lowest BCUT2D eigenvalue weighted by atomic mass is 10.1. The lowest BCUT2D eigenvalue weighted by molar-refractivity contribution is -0.121. The highest BCUT2D eigenvalue weighted by molar-refractivity contribution is 6.21. The van der Waals surface area contributed by atoms with Crippen LogP contribution in [0.25, 0.3) is 10.9 Å². The van der Waals surface area contributed by atoms with Gasteiger partial charge in [-0.25, -0.2) is 0 Å². The number of H-pyrrole nitrogens is 1. The molecule has 7 nitrogen and oxygen atoms in total. The Morgan fingerprint density at radius 3 is 2.38 bits per heavy atom. The number of amides is 3. The fraction of sp³-hybridized carbons (Fsp3) is 0.182. The van der Waals surface area contributed by atoms with Crippen LogP contribution in [-0.2, 0) is 11.3 Å². The molecule has 146 valence electrons. The van der Waals surface area contributed by atoms with Crippen LogP contribution in [0.2, 0.25) is 0 Å². The molecule has 0 bridgehead atoms. The maximum Gasteiger partial charge on any atom is 0.261 e. The van der Waals surface area contributed by atoms with Crippen molar-refractivity contribution >= 4 is 28.6 Å². The molecule has 0 fully saturated rings. The van der Waals surface area contributed by atoms with Gasteiger partial charge in [0.05, 0.1) is 16.6 Å². The van der Waals surface area contributed by atoms with E-state index in [1.807, 2.05) is 25.1 Å². The number of hydrogen-bond acceptors (Lipinski definition) is 4. The third-order valence-corrected chi connectivity index (χ3v) is 5.08. The van der Waals surface area contributed by atoms with Crippen molar-refractivity contribution in [3.8, 4) is 0 Å². The smallest absolute Gasteiger partial charge is 0.261 e. The number of hydrogen-bond donors (Lipinski definition) is 2. The van der Waals surface area contributed by atoms with E-state index in [1.165, 1.54) is 0 Å². The van der Waals surface area contributed by atoms with Crippen LogP contribution < -0.4 is 10.9 Å². The number of aryl methyl sites for hydroxylation is 1. The summed E-state index contributed by atoms with van der Waals surface area (Å²) < 4.78 is 0. The highest BCUT2D eigenvalue weighted by Crippen LogP contribution is 2.22. The van der Waals surface area contributed by atoms with E-state index in [9.17, 15) is 19.2 Å². The number of aromatic nitrogens is 1. The fourth-order valence-corrected chi connectivity index (χ4v) is 3.50. The molecule has 3 amide bonds. The van der Waals surface area contributed by atoms with Crippen molar-refractivity contribution < 1.29 is 14.4 Å². The van der Waals surface area contributed by atoms with Gasteiger partial charge in [-0.2, -0.15) is 0 Å². The first kappa shape index (κ1) is 18.6. The molecule has 2 aromatic carbocycles.